The summed E-state index contributed by atoms with van der Waals surface area (Å²) in [5.41, 5.74) is 0. The van der Waals surface area contributed by atoms with Crippen molar-refractivity contribution in [3.63, 3.8) is 0 Å². The van der Waals surface area contributed by atoms with Crippen molar-refractivity contribution < 1.29 is 9.53 Å². The first-order valence-corrected chi connectivity index (χ1v) is 6.92. The number of nitrogens with one attached hydrogen (secondary N) is 1. The normalized spacial score (nSPS) is 29.4. The Morgan fingerprint density at radius 3 is 3.00 bits per heavy atom. The van der Waals surface area contributed by atoms with Crippen LogP contribution >= 0.6 is 0 Å². The summed E-state index contributed by atoms with van der Waals surface area (Å²) in [7, 11) is 4.05. The lowest BCUT2D eigenvalue weighted by Crippen LogP contribution is -2.48. The number of carbonyl (C=O) groups is 1. The summed E-state index contributed by atoms with van der Waals surface area (Å²) in [4.78, 5) is 16.3. The van der Waals surface area contributed by atoms with Gasteiger partial charge in [-0.1, -0.05) is 0 Å². The molecule has 2 heterocycles. The van der Waals surface area contributed by atoms with E-state index in [1.807, 2.05) is 11.9 Å². The van der Waals surface area contributed by atoms with Crippen molar-refractivity contribution in [2.45, 2.75) is 18.9 Å². The Labute approximate surface area is 109 Å². The van der Waals surface area contributed by atoms with Gasteiger partial charge in [0.15, 0.2) is 0 Å². The second kappa shape index (κ2) is 6.50. The quantitative estimate of drug-likeness (QED) is 0.754. The summed E-state index contributed by atoms with van der Waals surface area (Å²) < 4.78 is 5.49. The van der Waals surface area contributed by atoms with E-state index in [-0.39, 0.29) is 12.0 Å². The Morgan fingerprint density at radius 1 is 1.56 bits per heavy atom. The van der Waals surface area contributed by atoms with Crippen molar-refractivity contribution in [1.82, 2.24) is 15.1 Å². The molecule has 2 saturated heterocycles. The molecule has 5 nitrogen and oxygen atoms in total. The number of likely N-dealkylation sites (tertiary alicyclic amines) is 1. The smallest absolute Gasteiger partial charge is 0.252 e. The van der Waals surface area contributed by atoms with Gasteiger partial charge in [0.2, 0.25) is 0 Å². The molecule has 0 aromatic heterocycles. The van der Waals surface area contributed by atoms with Crippen LogP contribution in [-0.2, 0) is 9.53 Å². The first-order valence-electron chi connectivity index (χ1n) is 6.92. The molecule has 0 bridgehead atoms. The molecule has 0 aromatic carbocycles. The average Bonchev–Trinajstić information content (AvgIpc) is 2.82. The summed E-state index contributed by atoms with van der Waals surface area (Å²) in [6, 6.07) is 0. The minimum Gasteiger partial charge on any atom is -0.366 e. The Balaban J connectivity index is 1.70. The molecule has 2 fully saturated rings. The summed E-state index contributed by atoms with van der Waals surface area (Å²) in [6.45, 7) is 5.34. The predicted octanol–water partition coefficient (Wildman–Crippen LogP) is -0.225. The summed E-state index contributed by atoms with van der Waals surface area (Å²) in [5.74, 6) is 0.865. The second-order valence-corrected chi connectivity index (χ2v) is 5.53. The van der Waals surface area contributed by atoms with E-state index in [9.17, 15) is 4.79 Å². The average molecular weight is 255 g/mol. The molecule has 2 rings (SSSR count). The first kappa shape index (κ1) is 13.8. The van der Waals surface area contributed by atoms with Gasteiger partial charge in [-0.2, -0.15) is 0 Å². The lowest BCUT2D eigenvalue weighted by molar-refractivity contribution is -0.144. The number of rotatable bonds is 4. The number of carbonyl (C=O) groups excluding carboxylic acids is 1. The Bertz CT molecular complexity index is 279. The number of ether oxygens (including phenoxy) is 1. The van der Waals surface area contributed by atoms with Gasteiger partial charge in [0, 0.05) is 33.2 Å². The number of hydrogen-bond donors (Lipinski definition) is 1. The van der Waals surface area contributed by atoms with Crippen LogP contribution in [0.2, 0.25) is 0 Å². The number of hydrogen-bond acceptors (Lipinski definition) is 4. The maximum atomic E-state index is 12.1. The van der Waals surface area contributed by atoms with Gasteiger partial charge in [0.25, 0.3) is 5.91 Å². The molecule has 104 valence electrons. The molecular formula is C13H25N3O2. The molecule has 0 spiro atoms. The third kappa shape index (κ3) is 3.67. The van der Waals surface area contributed by atoms with Crippen molar-refractivity contribution in [3.8, 4) is 0 Å². The lowest BCUT2D eigenvalue weighted by atomic mass is 10.0. The van der Waals surface area contributed by atoms with E-state index in [1.54, 1.807) is 0 Å². The third-order valence-corrected chi connectivity index (χ3v) is 3.94. The molecule has 2 atom stereocenters. The predicted molar refractivity (Wildman–Crippen MR) is 70.5 cm³/mol. The zero-order valence-electron chi connectivity index (χ0n) is 11.5. The number of morpholine rings is 1. The summed E-state index contributed by atoms with van der Waals surface area (Å²) >= 11 is 0. The van der Waals surface area contributed by atoms with Crippen LogP contribution < -0.4 is 5.32 Å². The van der Waals surface area contributed by atoms with E-state index in [0.29, 0.717) is 13.2 Å². The lowest BCUT2D eigenvalue weighted by Gasteiger charge is -2.27. The van der Waals surface area contributed by atoms with Crippen molar-refractivity contribution in [2.24, 2.45) is 5.92 Å². The van der Waals surface area contributed by atoms with Crippen molar-refractivity contribution in [3.05, 3.63) is 0 Å². The van der Waals surface area contributed by atoms with Crippen LogP contribution in [0.1, 0.15) is 12.8 Å². The van der Waals surface area contributed by atoms with Gasteiger partial charge in [0.1, 0.15) is 6.10 Å². The van der Waals surface area contributed by atoms with Crippen LogP contribution in [-0.4, -0.2) is 75.2 Å². The van der Waals surface area contributed by atoms with Gasteiger partial charge in [-0.05, 0) is 32.4 Å². The van der Waals surface area contributed by atoms with E-state index in [4.69, 9.17) is 4.74 Å². The van der Waals surface area contributed by atoms with Crippen molar-refractivity contribution in [1.29, 1.82) is 0 Å². The van der Waals surface area contributed by atoms with E-state index in [1.165, 1.54) is 19.5 Å². The molecule has 5 heteroatoms. The molecule has 0 radical (unpaired) electrons. The number of amides is 1. The van der Waals surface area contributed by atoms with Gasteiger partial charge >= 0.3 is 0 Å². The zero-order chi connectivity index (χ0) is 13.0. The minimum atomic E-state index is -0.282. The fourth-order valence-electron chi connectivity index (χ4n) is 2.72. The van der Waals surface area contributed by atoms with Gasteiger partial charge in [-0.15, -0.1) is 0 Å². The molecule has 1 N–H and O–H groups in total. The summed E-state index contributed by atoms with van der Waals surface area (Å²) in [6.07, 6.45) is 2.09. The van der Waals surface area contributed by atoms with Gasteiger partial charge in [0.05, 0.1) is 6.61 Å². The molecule has 0 saturated carbocycles. The van der Waals surface area contributed by atoms with Crippen LogP contribution in [0.4, 0.5) is 0 Å². The second-order valence-electron chi connectivity index (χ2n) is 5.53. The van der Waals surface area contributed by atoms with Gasteiger partial charge in [-0.25, -0.2) is 0 Å². The SMILES string of the molecule is CN1CCC(CCN(C)C(=O)C2CNCCO2)C1. The Hall–Kier alpha value is -0.650. The van der Waals surface area contributed by atoms with E-state index < -0.39 is 0 Å². The van der Waals surface area contributed by atoms with E-state index in [0.717, 1.165) is 25.4 Å². The maximum absolute atomic E-state index is 12.1. The molecule has 2 unspecified atom stereocenters. The number of nitrogens with zero attached hydrogens (tertiary/aromatic N) is 2. The van der Waals surface area contributed by atoms with Crippen LogP contribution in [0.25, 0.3) is 0 Å². The Morgan fingerprint density at radius 2 is 2.39 bits per heavy atom. The van der Waals surface area contributed by atoms with Gasteiger partial charge in [-0.3, -0.25) is 4.79 Å². The highest BCUT2D eigenvalue weighted by atomic mass is 16.5. The highest BCUT2D eigenvalue weighted by molar-refractivity contribution is 5.81. The van der Waals surface area contributed by atoms with Crippen LogP contribution in [0, 0.1) is 5.92 Å². The first-order chi connectivity index (χ1) is 8.66. The summed E-state index contributed by atoms with van der Waals surface area (Å²) in [5, 5.41) is 3.19. The topological polar surface area (TPSA) is 44.8 Å². The van der Waals surface area contributed by atoms with Gasteiger partial charge < -0.3 is 19.9 Å². The highest BCUT2D eigenvalue weighted by Gasteiger charge is 2.26. The van der Waals surface area contributed by atoms with E-state index in [2.05, 4.69) is 17.3 Å². The molecular weight excluding hydrogens is 230 g/mol. The highest BCUT2D eigenvalue weighted by Crippen LogP contribution is 2.18. The maximum Gasteiger partial charge on any atom is 0.252 e. The fourth-order valence-corrected chi connectivity index (χ4v) is 2.72. The molecule has 2 aliphatic heterocycles. The number of likely N-dealkylation sites (N-methyl/N-ethyl adjacent to an activating group) is 1. The Kier molecular flexibility index (Phi) is 4.97. The van der Waals surface area contributed by atoms with Crippen LogP contribution in [0.3, 0.4) is 0 Å². The molecule has 0 aromatic rings. The molecule has 1 amide bonds. The standard InChI is InChI=1S/C13H25N3O2/c1-15-6-3-11(10-15)4-7-16(2)13(17)12-9-14-5-8-18-12/h11-12,14H,3-10H2,1-2H3. The van der Waals surface area contributed by atoms with Crippen LogP contribution in [0.15, 0.2) is 0 Å². The molecule has 18 heavy (non-hydrogen) atoms. The van der Waals surface area contributed by atoms with Crippen molar-refractivity contribution in [2.75, 3.05) is 53.4 Å². The fraction of sp³-hybridized carbons (Fsp3) is 0.923. The molecule has 0 aliphatic carbocycles. The monoisotopic (exact) mass is 255 g/mol. The third-order valence-electron chi connectivity index (χ3n) is 3.94. The van der Waals surface area contributed by atoms with Crippen molar-refractivity contribution >= 4 is 5.91 Å². The van der Waals surface area contributed by atoms with E-state index >= 15 is 0 Å². The van der Waals surface area contributed by atoms with Crippen LogP contribution in [0.5, 0.6) is 0 Å². The minimum absolute atomic E-state index is 0.119. The largest absolute Gasteiger partial charge is 0.366 e. The zero-order valence-corrected chi connectivity index (χ0v) is 11.5. The molecule has 2 aliphatic rings.